The highest BCUT2D eigenvalue weighted by Gasteiger charge is 2.43. The zero-order valence-corrected chi connectivity index (χ0v) is 11.4. The predicted molar refractivity (Wildman–Crippen MR) is 71.4 cm³/mol. The molecule has 3 nitrogen and oxygen atoms in total. The van der Waals surface area contributed by atoms with Gasteiger partial charge < -0.3 is 9.64 Å². The highest BCUT2D eigenvalue weighted by atomic mass is 19.1. The third-order valence-electron chi connectivity index (χ3n) is 3.66. The van der Waals surface area contributed by atoms with E-state index in [1.165, 1.54) is 13.2 Å². The summed E-state index contributed by atoms with van der Waals surface area (Å²) in [5, 5.41) is 9.04. The van der Waals surface area contributed by atoms with Gasteiger partial charge in [-0.3, -0.25) is 0 Å². The Morgan fingerprint density at radius 2 is 2.21 bits per heavy atom. The van der Waals surface area contributed by atoms with Gasteiger partial charge in [0.25, 0.3) is 0 Å². The molecule has 1 aromatic rings. The van der Waals surface area contributed by atoms with Crippen molar-refractivity contribution in [1.29, 1.82) is 5.26 Å². The minimum absolute atomic E-state index is 0.111. The number of hydrogen-bond acceptors (Lipinski definition) is 3. The molecule has 1 aliphatic rings. The molecule has 0 aromatic heterocycles. The summed E-state index contributed by atoms with van der Waals surface area (Å²) in [7, 11) is 3.47. The molecule has 2 rings (SSSR count). The maximum atomic E-state index is 13.5. The molecule has 0 heterocycles. The van der Waals surface area contributed by atoms with Gasteiger partial charge in [-0.1, -0.05) is 6.07 Å². The Bertz CT molecular complexity index is 491. The molecular weight excluding hydrogens is 243 g/mol. The third-order valence-corrected chi connectivity index (χ3v) is 3.66. The Labute approximate surface area is 113 Å². The van der Waals surface area contributed by atoms with E-state index in [9.17, 15) is 4.39 Å². The number of nitriles is 1. The van der Waals surface area contributed by atoms with Crippen LogP contribution in [0.3, 0.4) is 0 Å². The first-order chi connectivity index (χ1) is 9.08. The molecule has 0 atom stereocenters. The number of benzene rings is 1. The number of rotatable bonds is 6. The van der Waals surface area contributed by atoms with Gasteiger partial charge in [-0.2, -0.15) is 5.26 Å². The Morgan fingerprint density at radius 3 is 2.74 bits per heavy atom. The molecule has 0 amide bonds. The monoisotopic (exact) mass is 262 g/mol. The summed E-state index contributed by atoms with van der Waals surface area (Å²) < 4.78 is 18.4. The Balaban J connectivity index is 1.85. The molecule has 1 aromatic carbocycles. The summed E-state index contributed by atoms with van der Waals surface area (Å²) in [6.07, 6.45) is 2.79. The van der Waals surface area contributed by atoms with E-state index in [4.69, 9.17) is 10.00 Å². The van der Waals surface area contributed by atoms with Crippen molar-refractivity contribution in [2.75, 3.05) is 27.2 Å². The molecular formula is C15H19FN2O. The van der Waals surface area contributed by atoms with Crippen LogP contribution in [0, 0.1) is 22.6 Å². The standard InChI is InChI=1S/C15H19FN2O/c1-18(11-15(10-17)6-7-15)8-5-12-3-4-14(19-2)13(16)9-12/h3-4,9H,5-8,11H2,1-2H3. The van der Waals surface area contributed by atoms with Crippen molar-refractivity contribution in [2.24, 2.45) is 5.41 Å². The largest absolute Gasteiger partial charge is 0.494 e. The van der Waals surface area contributed by atoms with Crippen molar-refractivity contribution in [3.8, 4) is 11.8 Å². The van der Waals surface area contributed by atoms with Gasteiger partial charge in [-0.15, -0.1) is 0 Å². The molecule has 0 N–H and O–H groups in total. The van der Waals surface area contributed by atoms with E-state index < -0.39 is 0 Å². The third kappa shape index (κ3) is 3.45. The van der Waals surface area contributed by atoms with Crippen molar-refractivity contribution in [1.82, 2.24) is 4.90 Å². The lowest BCUT2D eigenvalue weighted by atomic mass is 10.1. The van der Waals surface area contributed by atoms with Crippen LogP contribution in [0.25, 0.3) is 0 Å². The number of hydrogen-bond donors (Lipinski definition) is 0. The van der Waals surface area contributed by atoms with E-state index in [0.29, 0.717) is 0 Å². The van der Waals surface area contributed by atoms with Crippen LogP contribution in [0.5, 0.6) is 5.75 Å². The molecule has 1 aliphatic carbocycles. The SMILES string of the molecule is COc1ccc(CCN(C)CC2(C#N)CC2)cc1F. The van der Waals surface area contributed by atoms with Crippen molar-refractivity contribution in [3.63, 3.8) is 0 Å². The molecule has 102 valence electrons. The first kappa shape index (κ1) is 13.8. The lowest BCUT2D eigenvalue weighted by molar-refractivity contribution is 0.297. The number of halogens is 1. The van der Waals surface area contributed by atoms with Crippen LogP contribution in [0.2, 0.25) is 0 Å². The maximum absolute atomic E-state index is 13.5. The summed E-state index contributed by atoms with van der Waals surface area (Å²) in [4.78, 5) is 2.15. The van der Waals surface area contributed by atoms with Gasteiger partial charge in [0, 0.05) is 13.1 Å². The van der Waals surface area contributed by atoms with Gasteiger partial charge in [-0.05, 0) is 44.0 Å². The van der Waals surface area contributed by atoms with E-state index in [1.54, 1.807) is 6.07 Å². The molecule has 1 fully saturated rings. The lowest BCUT2D eigenvalue weighted by Crippen LogP contribution is -2.28. The first-order valence-electron chi connectivity index (χ1n) is 6.51. The zero-order chi connectivity index (χ0) is 13.9. The maximum Gasteiger partial charge on any atom is 0.165 e. The Hall–Kier alpha value is -1.60. The second-order valence-corrected chi connectivity index (χ2v) is 5.35. The minimum Gasteiger partial charge on any atom is -0.494 e. The fourth-order valence-electron chi connectivity index (χ4n) is 2.24. The molecule has 4 heteroatoms. The van der Waals surface area contributed by atoms with E-state index in [0.717, 1.165) is 37.9 Å². The Kier molecular flexibility index (Phi) is 4.06. The van der Waals surface area contributed by atoms with Crippen LogP contribution in [0.15, 0.2) is 18.2 Å². The van der Waals surface area contributed by atoms with E-state index in [-0.39, 0.29) is 17.0 Å². The average molecular weight is 262 g/mol. The fraction of sp³-hybridized carbons (Fsp3) is 0.533. The van der Waals surface area contributed by atoms with Gasteiger partial charge in [0.15, 0.2) is 11.6 Å². The van der Waals surface area contributed by atoms with Crippen molar-refractivity contribution in [2.45, 2.75) is 19.3 Å². The highest BCUT2D eigenvalue weighted by Crippen LogP contribution is 2.45. The van der Waals surface area contributed by atoms with Crippen LogP contribution in [-0.2, 0) is 6.42 Å². The second kappa shape index (κ2) is 5.58. The zero-order valence-electron chi connectivity index (χ0n) is 11.4. The number of nitrogens with zero attached hydrogens (tertiary/aromatic N) is 2. The molecule has 19 heavy (non-hydrogen) atoms. The summed E-state index contributed by atoms with van der Waals surface area (Å²) >= 11 is 0. The van der Waals surface area contributed by atoms with Crippen LogP contribution >= 0.6 is 0 Å². The van der Waals surface area contributed by atoms with E-state index in [2.05, 4.69) is 11.0 Å². The van der Waals surface area contributed by atoms with Crippen molar-refractivity contribution >= 4 is 0 Å². The number of likely N-dealkylation sites (N-methyl/N-ethyl adjacent to an activating group) is 1. The van der Waals surface area contributed by atoms with Crippen molar-refractivity contribution in [3.05, 3.63) is 29.6 Å². The molecule has 0 unspecified atom stereocenters. The summed E-state index contributed by atoms with van der Waals surface area (Å²) in [5.74, 6) is -0.0446. The van der Waals surface area contributed by atoms with Crippen LogP contribution in [-0.4, -0.2) is 32.1 Å². The predicted octanol–water partition coefficient (Wildman–Crippen LogP) is 2.61. The van der Waals surface area contributed by atoms with Gasteiger partial charge in [0.1, 0.15) is 0 Å². The topological polar surface area (TPSA) is 36.3 Å². The number of methoxy groups -OCH3 is 1. The normalized spacial score (nSPS) is 16.2. The molecule has 0 spiro atoms. The molecule has 0 radical (unpaired) electrons. The molecule has 0 aliphatic heterocycles. The van der Waals surface area contributed by atoms with Crippen molar-refractivity contribution < 1.29 is 9.13 Å². The quantitative estimate of drug-likeness (QED) is 0.790. The summed E-state index contributed by atoms with van der Waals surface area (Å²) in [6, 6.07) is 7.44. The van der Waals surface area contributed by atoms with Gasteiger partial charge in [0.2, 0.25) is 0 Å². The van der Waals surface area contributed by atoms with E-state index in [1.807, 2.05) is 13.1 Å². The second-order valence-electron chi connectivity index (χ2n) is 5.35. The molecule has 0 bridgehead atoms. The van der Waals surface area contributed by atoms with Gasteiger partial charge in [0.05, 0.1) is 18.6 Å². The Morgan fingerprint density at radius 1 is 1.47 bits per heavy atom. The van der Waals surface area contributed by atoms with Gasteiger partial charge in [-0.25, -0.2) is 4.39 Å². The average Bonchev–Trinajstić information content (AvgIpc) is 3.17. The van der Waals surface area contributed by atoms with E-state index >= 15 is 0 Å². The number of ether oxygens (including phenoxy) is 1. The lowest BCUT2D eigenvalue weighted by Gasteiger charge is -2.19. The van der Waals surface area contributed by atoms with Gasteiger partial charge >= 0.3 is 0 Å². The molecule has 0 saturated heterocycles. The van der Waals surface area contributed by atoms with Crippen LogP contribution in [0.4, 0.5) is 4.39 Å². The van der Waals surface area contributed by atoms with Crippen LogP contribution < -0.4 is 4.74 Å². The van der Waals surface area contributed by atoms with Crippen LogP contribution in [0.1, 0.15) is 18.4 Å². The molecule has 1 saturated carbocycles. The summed E-state index contributed by atoms with van der Waals surface area (Å²) in [5.41, 5.74) is 0.840. The first-order valence-corrected chi connectivity index (χ1v) is 6.51. The minimum atomic E-state index is -0.321. The summed E-state index contributed by atoms with van der Waals surface area (Å²) in [6.45, 7) is 1.64. The smallest absolute Gasteiger partial charge is 0.165 e. The fourth-order valence-corrected chi connectivity index (χ4v) is 2.24. The highest BCUT2D eigenvalue weighted by molar-refractivity contribution is 5.29.